The smallest absolute Gasteiger partial charge is 0.278 e. The van der Waals surface area contributed by atoms with E-state index in [4.69, 9.17) is 5.73 Å². The highest BCUT2D eigenvalue weighted by atomic mass is 35.5. The van der Waals surface area contributed by atoms with E-state index in [1.807, 2.05) is 40.8 Å². The molecule has 24 heavy (non-hydrogen) atoms. The van der Waals surface area contributed by atoms with Crippen LogP contribution in [-0.2, 0) is 12.0 Å². The number of nitrogens with zero attached hydrogens (tertiary/aromatic N) is 3. The van der Waals surface area contributed by atoms with Gasteiger partial charge in [-0.05, 0) is 64.3 Å². The van der Waals surface area contributed by atoms with Gasteiger partial charge in [-0.1, -0.05) is 6.07 Å². The number of amides is 1. The molecule has 1 aromatic carbocycles. The molecule has 0 fully saturated rings. The van der Waals surface area contributed by atoms with Gasteiger partial charge in [0.15, 0.2) is 5.69 Å². The topological polar surface area (TPSA) is 64.2 Å². The minimum Gasteiger partial charge on any atom is -0.398 e. The van der Waals surface area contributed by atoms with Crippen molar-refractivity contribution in [3.8, 4) is 0 Å². The monoisotopic (exact) mass is 348 g/mol. The van der Waals surface area contributed by atoms with Crippen LogP contribution in [0.5, 0.6) is 0 Å². The maximum absolute atomic E-state index is 13.0. The quantitative estimate of drug-likeness (QED) is 0.801. The van der Waals surface area contributed by atoms with E-state index in [0.717, 1.165) is 35.5 Å². The summed E-state index contributed by atoms with van der Waals surface area (Å²) >= 11 is 0. The van der Waals surface area contributed by atoms with Crippen LogP contribution in [0.2, 0.25) is 0 Å². The molecule has 6 heteroatoms. The number of rotatable bonds is 1. The number of nitrogen functional groups attached to an aromatic ring is 1. The van der Waals surface area contributed by atoms with Gasteiger partial charge in [0.2, 0.25) is 0 Å². The second-order valence-electron chi connectivity index (χ2n) is 7.16. The molecule has 1 aliphatic rings. The Kier molecular flexibility index (Phi) is 4.95. The molecule has 2 aromatic rings. The highest BCUT2D eigenvalue weighted by Crippen LogP contribution is 2.32. The fourth-order valence-electron chi connectivity index (χ4n) is 3.26. The van der Waals surface area contributed by atoms with Gasteiger partial charge in [0.05, 0.1) is 5.54 Å². The normalized spacial score (nSPS) is 14.1. The number of fused-ring (bicyclic) bond motifs is 1. The van der Waals surface area contributed by atoms with E-state index in [1.165, 1.54) is 0 Å². The van der Waals surface area contributed by atoms with E-state index in [-0.39, 0.29) is 23.9 Å². The van der Waals surface area contributed by atoms with Crippen LogP contribution in [0.3, 0.4) is 0 Å². The number of carbonyl (C=O) groups excluding carboxylic acids is 1. The van der Waals surface area contributed by atoms with Crippen molar-refractivity contribution in [1.29, 1.82) is 0 Å². The van der Waals surface area contributed by atoms with Gasteiger partial charge in [-0.2, -0.15) is 5.10 Å². The molecule has 1 aromatic heterocycles. The SMILES string of the molecule is Cc1cc(C(=O)N2CCCc3c(N)cccc32)nn1C(C)(C)C.Cl. The summed E-state index contributed by atoms with van der Waals surface area (Å²) in [5.41, 5.74) is 10.2. The van der Waals surface area contributed by atoms with Crippen molar-refractivity contribution in [3.63, 3.8) is 0 Å². The third-order valence-electron chi connectivity index (χ3n) is 4.27. The number of hydrogen-bond donors (Lipinski definition) is 1. The van der Waals surface area contributed by atoms with E-state index in [1.54, 1.807) is 0 Å². The van der Waals surface area contributed by atoms with Crippen molar-refractivity contribution in [3.05, 3.63) is 41.2 Å². The van der Waals surface area contributed by atoms with Gasteiger partial charge >= 0.3 is 0 Å². The Morgan fingerprint density at radius 3 is 2.62 bits per heavy atom. The molecule has 0 unspecified atom stereocenters. The Labute approximate surface area is 149 Å². The van der Waals surface area contributed by atoms with Crippen LogP contribution in [0.15, 0.2) is 24.3 Å². The minimum absolute atomic E-state index is 0. The van der Waals surface area contributed by atoms with Crippen molar-refractivity contribution >= 4 is 29.7 Å². The van der Waals surface area contributed by atoms with E-state index in [2.05, 4.69) is 25.9 Å². The highest BCUT2D eigenvalue weighted by Gasteiger charge is 2.28. The Morgan fingerprint density at radius 1 is 1.29 bits per heavy atom. The molecule has 5 nitrogen and oxygen atoms in total. The Balaban J connectivity index is 0.00000208. The molecule has 0 atom stereocenters. The summed E-state index contributed by atoms with van der Waals surface area (Å²) in [6, 6.07) is 7.63. The van der Waals surface area contributed by atoms with Crippen molar-refractivity contribution in [2.75, 3.05) is 17.2 Å². The first-order valence-corrected chi connectivity index (χ1v) is 8.05. The van der Waals surface area contributed by atoms with Gasteiger partial charge in [-0.25, -0.2) is 0 Å². The van der Waals surface area contributed by atoms with Crippen LogP contribution in [0, 0.1) is 6.92 Å². The number of anilines is 2. The number of halogens is 1. The Bertz CT molecular complexity index is 761. The predicted molar refractivity (Wildman–Crippen MR) is 100 cm³/mol. The van der Waals surface area contributed by atoms with E-state index >= 15 is 0 Å². The fraction of sp³-hybridized carbons (Fsp3) is 0.444. The van der Waals surface area contributed by atoms with Crippen molar-refractivity contribution < 1.29 is 4.79 Å². The van der Waals surface area contributed by atoms with Gasteiger partial charge in [-0.3, -0.25) is 9.48 Å². The average molecular weight is 349 g/mol. The molecule has 0 saturated carbocycles. The van der Waals surface area contributed by atoms with Gasteiger partial charge in [0.1, 0.15) is 0 Å². The lowest BCUT2D eigenvalue weighted by atomic mass is 9.99. The molecular formula is C18H25ClN4O. The van der Waals surface area contributed by atoms with E-state index in [9.17, 15) is 4.79 Å². The maximum atomic E-state index is 13.0. The number of aryl methyl sites for hydroxylation is 1. The van der Waals surface area contributed by atoms with Crippen LogP contribution < -0.4 is 10.6 Å². The first-order valence-electron chi connectivity index (χ1n) is 8.05. The number of aromatic nitrogens is 2. The van der Waals surface area contributed by atoms with Crippen LogP contribution in [-0.4, -0.2) is 22.2 Å². The summed E-state index contributed by atoms with van der Waals surface area (Å²) < 4.78 is 1.91. The number of nitrogens with two attached hydrogens (primary N) is 1. The summed E-state index contributed by atoms with van der Waals surface area (Å²) in [7, 11) is 0. The third-order valence-corrected chi connectivity index (χ3v) is 4.27. The van der Waals surface area contributed by atoms with Gasteiger partial charge in [0.25, 0.3) is 5.91 Å². The predicted octanol–water partition coefficient (Wildman–Crippen LogP) is 3.54. The largest absolute Gasteiger partial charge is 0.398 e. The van der Waals surface area contributed by atoms with Crippen molar-refractivity contribution in [2.45, 2.75) is 46.1 Å². The Hall–Kier alpha value is -2.01. The summed E-state index contributed by atoms with van der Waals surface area (Å²) in [5, 5.41) is 4.55. The molecule has 0 saturated heterocycles. The molecule has 3 rings (SSSR count). The molecule has 0 bridgehead atoms. The van der Waals surface area contributed by atoms with Crippen LogP contribution in [0.1, 0.15) is 48.9 Å². The summed E-state index contributed by atoms with van der Waals surface area (Å²) in [6.45, 7) is 8.93. The molecule has 1 aliphatic heterocycles. The molecule has 130 valence electrons. The lowest BCUT2D eigenvalue weighted by Crippen LogP contribution is -2.36. The number of benzene rings is 1. The molecule has 0 radical (unpaired) electrons. The standard InChI is InChI=1S/C18H24N4O.ClH/c1-12-11-15(20-22(12)18(2,3)4)17(23)21-10-6-7-13-14(19)8-5-9-16(13)21;/h5,8-9,11H,6-7,10,19H2,1-4H3;1H. The molecule has 2 heterocycles. The maximum Gasteiger partial charge on any atom is 0.278 e. The summed E-state index contributed by atoms with van der Waals surface area (Å²) in [6.07, 6.45) is 1.84. The zero-order valence-electron chi connectivity index (χ0n) is 14.7. The van der Waals surface area contributed by atoms with Gasteiger partial charge in [-0.15, -0.1) is 12.4 Å². The zero-order chi connectivity index (χ0) is 16.8. The minimum atomic E-state index is -0.146. The number of carbonyl (C=O) groups is 1. The zero-order valence-corrected chi connectivity index (χ0v) is 15.5. The van der Waals surface area contributed by atoms with E-state index in [0.29, 0.717) is 12.2 Å². The fourth-order valence-corrected chi connectivity index (χ4v) is 3.26. The van der Waals surface area contributed by atoms with Crippen LogP contribution >= 0.6 is 12.4 Å². The highest BCUT2D eigenvalue weighted by molar-refractivity contribution is 6.06. The molecule has 0 spiro atoms. The molecule has 1 amide bonds. The third kappa shape index (κ3) is 3.13. The first-order chi connectivity index (χ1) is 10.8. The van der Waals surface area contributed by atoms with E-state index < -0.39 is 0 Å². The summed E-state index contributed by atoms with van der Waals surface area (Å²) in [5.74, 6) is -0.0531. The van der Waals surface area contributed by atoms with Crippen LogP contribution in [0.4, 0.5) is 11.4 Å². The van der Waals surface area contributed by atoms with Gasteiger partial charge in [0, 0.05) is 23.6 Å². The summed E-state index contributed by atoms with van der Waals surface area (Å²) in [4.78, 5) is 14.8. The van der Waals surface area contributed by atoms with Crippen molar-refractivity contribution in [2.24, 2.45) is 0 Å². The molecular weight excluding hydrogens is 324 g/mol. The number of hydrogen-bond acceptors (Lipinski definition) is 3. The Morgan fingerprint density at radius 2 is 2.00 bits per heavy atom. The average Bonchev–Trinajstić information content (AvgIpc) is 2.89. The second-order valence-corrected chi connectivity index (χ2v) is 7.16. The van der Waals surface area contributed by atoms with Crippen molar-refractivity contribution in [1.82, 2.24) is 9.78 Å². The van der Waals surface area contributed by atoms with Gasteiger partial charge < -0.3 is 10.6 Å². The van der Waals surface area contributed by atoms with Crippen LogP contribution in [0.25, 0.3) is 0 Å². The second kappa shape index (κ2) is 6.48. The molecule has 0 aliphatic carbocycles. The lowest BCUT2D eigenvalue weighted by molar-refractivity contribution is 0.0979. The molecule has 2 N–H and O–H groups in total. The first kappa shape index (κ1) is 18.3. The lowest BCUT2D eigenvalue weighted by Gasteiger charge is -2.29.